The molecule has 0 N–H and O–H groups in total. The molecule has 0 atom stereocenters. The highest BCUT2D eigenvalue weighted by atomic mass is 79.9. The average molecular weight is 772 g/mol. The van der Waals surface area contributed by atoms with Crippen molar-refractivity contribution >= 4 is 17.9 Å². The molecule has 2 heteroatoms. The second-order valence-corrected chi connectivity index (χ2v) is 19.6. The zero-order valence-electron chi connectivity index (χ0n) is 33.6. The molecule has 2 aromatic rings. The Morgan fingerprint density at radius 2 is 0.480 bits per heavy atom. The first-order chi connectivity index (χ1) is 24.3. The predicted octanol–water partition coefficient (Wildman–Crippen LogP) is 13.2. The number of hydrogen-bond acceptors (Lipinski definition) is 0. The first-order valence-corrected chi connectivity index (χ1v) is 24.5. The molecule has 0 fully saturated rings. The zero-order chi connectivity index (χ0) is 34.8. The average Bonchev–Trinajstić information content (AvgIpc) is 3.14. The second kappa shape index (κ2) is 35.4. The van der Waals surface area contributed by atoms with Gasteiger partial charge in [-0.3, -0.25) is 0 Å². The lowest BCUT2D eigenvalue weighted by atomic mass is 10.0. The Labute approximate surface area is 325 Å². The molecule has 2 rings (SSSR count). The summed E-state index contributed by atoms with van der Waals surface area (Å²) in [7, 11) is -1.38. The molecule has 0 aliphatic carbocycles. The summed E-state index contributed by atoms with van der Waals surface area (Å²) in [6.07, 6.45) is 49.1. The van der Waals surface area contributed by atoms with E-state index >= 15 is 0 Å². The Hall–Kier alpha value is -0.650. The van der Waals surface area contributed by atoms with Gasteiger partial charge in [0.2, 0.25) is 0 Å². The summed E-state index contributed by atoms with van der Waals surface area (Å²) < 4.78 is 0. The minimum atomic E-state index is -1.38. The van der Waals surface area contributed by atoms with Crippen LogP contribution in [-0.2, 0) is 0 Å². The van der Waals surface area contributed by atoms with Crippen LogP contribution in [0, 0.1) is 0 Å². The number of hydrogen-bond donors (Lipinski definition) is 0. The van der Waals surface area contributed by atoms with Crippen LogP contribution in [0.25, 0.3) is 0 Å². The molecule has 0 aromatic heterocycles. The zero-order valence-corrected chi connectivity index (χ0v) is 36.1. The van der Waals surface area contributed by atoms with Crippen LogP contribution in [0.15, 0.2) is 60.7 Å². The van der Waals surface area contributed by atoms with Gasteiger partial charge in [0.05, 0.1) is 30.2 Å². The molecule has 288 valence electrons. The third-order valence-corrected chi connectivity index (χ3v) is 16.0. The van der Waals surface area contributed by atoms with Crippen molar-refractivity contribution in [3.8, 4) is 0 Å². The van der Waals surface area contributed by atoms with E-state index < -0.39 is 7.26 Å². The van der Waals surface area contributed by atoms with Gasteiger partial charge in [0.1, 0.15) is 0 Å². The van der Waals surface area contributed by atoms with Crippen molar-refractivity contribution in [2.75, 3.05) is 12.3 Å². The van der Waals surface area contributed by atoms with Gasteiger partial charge >= 0.3 is 0 Å². The first-order valence-electron chi connectivity index (χ1n) is 22.3. The summed E-state index contributed by atoms with van der Waals surface area (Å²) in [5.41, 5.74) is 0. The van der Waals surface area contributed by atoms with Crippen LogP contribution in [-0.4, -0.2) is 12.3 Å². The predicted molar refractivity (Wildman–Crippen MR) is 228 cm³/mol. The van der Waals surface area contributed by atoms with E-state index in [-0.39, 0.29) is 17.0 Å². The lowest BCUT2D eigenvalue weighted by Gasteiger charge is -2.28. The van der Waals surface area contributed by atoms with E-state index in [1.54, 1.807) is 10.6 Å². The molecule has 2 aromatic carbocycles. The fourth-order valence-electron chi connectivity index (χ4n) is 8.06. The number of unbranched alkanes of at least 4 members (excludes halogenated alkanes) is 30. The summed E-state index contributed by atoms with van der Waals surface area (Å²) >= 11 is 0. The van der Waals surface area contributed by atoms with Gasteiger partial charge in [-0.25, -0.2) is 0 Å². The Balaban J connectivity index is 0.0000125. The van der Waals surface area contributed by atoms with Gasteiger partial charge in [0.15, 0.2) is 0 Å². The smallest absolute Gasteiger partial charge is 0.0991 e. The second-order valence-electron chi connectivity index (χ2n) is 15.7. The van der Waals surface area contributed by atoms with Gasteiger partial charge in [-0.2, -0.15) is 0 Å². The van der Waals surface area contributed by atoms with E-state index in [0.717, 1.165) is 0 Å². The SMILES string of the molecule is CCCCCCCCCCCCCCCCCC[P+](CCCCCCCCCCCCCCCCCC)(c1ccccc1)c1ccccc1.[Br-]. The van der Waals surface area contributed by atoms with E-state index in [1.165, 1.54) is 218 Å². The summed E-state index contributed by atoms with van der Waals surface area (Å²) in [6, 6.07) is 23.5. The Morgan fingerprint density at radius 3 is 0.700 bits per heavy atom. The molecule has 0 unspecified atom stereocenters. The third-order valence-electron chi connectivity index (χ3n) is 11.3. The van der Waals surface area contributed by atoms with Gasteiger partial charge < -0.3 is 17.0 Å². The Kier molecular flexibility index (Phi) is 33.5. The summed E-state index contributed by atoms with van der Waals surface area (Å²) in [5, 5.41) is 3.31. The fourth-order valence-corrected chi connectivity index (χ4v) is 12.6. The summed E-state index contributed by atoms with van der Waals surface area (Å²) in [4.78, 5) is 0. The number of rotatable bonds is 36. The number of halogens is 1. The minimum Gasteiger partial charge on any atom is -1.00 e. The van der Waals surface area contributed by atoms with E-state index in [9.17, 15) is 0 Å². The Morgan fingerprint density at radius 1 is 0.280 bits per heavy atom. The van der Waals surface area contributed by atoms with Crippen LogP contribution in [0.1, 0.15) is 219 Å². The van der Waals surface area contributed by atoms with E-state index in [1.807, 2.05) is 0 Å². The van der Waals surface area contributed by atoms with Crippen molar-refractivity contribution in [3.05, 3.63) is 60.7 Å². The highest BCUT2D eigenvalue weighted by Gasteiger charge is 2.41. The first kappa shape index (κ1) is 47.4. The van der Waals surface area contributed by atoms with Crippen molar-refractivity contribution < 1.29 is 17.0 Å². The van der Waals surface area contributed by atoms with Crippen LogP contribution in [0.4, 0.5) is 0 Å². The molecule has 0 heterocycles. The largest absolute Gasteiger partial charge is 1.00 e. The maximum Gasteiger partial charge on any atom is 0.0991 e. The van der Waals surface area contributed by atoms with Gasteiger partial charge in [-0.1, -0.05) is 230 Å². The van der Waals surface area contributed by atoms with E-state index in [0.29, 0.717) is 0 Å². The van der Waals surface area contributed by atoms with Crippen molar-refractivity contribution in [1.82, 2.24) is 0 Å². The van der Waals surface area contributed by atoms with Gasteiger partial charge in [-0.15, -0.1) is 0 Å². The molecule has 0 saturated heterocycles. The normalized spacial score (nSPS) is 11.6. The van der Waals surface area contributed by atoms with Crippen molar-refractivity contribution in [2.24, 2.45) is 0 Å². The quantitative estimate of drug-likeness (QED) is 0.0478. The topological polar surface area (TPSA) is 0 Å². The van der Waals surface area contributed by atoms with Gasteiger partial charge in [0.25, 0.3) is 0 Å². The monoisotopic (exact) mass is 771 g/mol. The summed E-state index contributed by atoms with van der Waals surface area (Å²) in [5.74, 6) is 0. The molecule has 0 spiro atoms. The fraction of sp³-hybridized carbons (Fsp3) is 0.750. The maximum atomic E-state index is 2.47. The van der Waals surface area contributed by atoms with Crippen LogP contribution in [0.3, 0.4) is 0 Å². The Bertz CT molecular complexity index is 850. The molecule has 0 aliphatic rings. The van der Waals surface area contributed by atoms with Gasteiger partial charge in [-0.05, 0) is 49.9 Å². The van der Waals surface area contributed by atoms with Crippen LogP contribution in [0.5, 0.6) is 0 Å². The minimum absolute atomic E-state index is 0. The van der Waals surface area contributed by atoms with Crippen molar-refractivity contribution in [1.29, 1.82) is 0 Å². The molecule has 0 amide bonds. The lowest BCUT2D eigenvalue weighted by molar-refractivity contribution is -0.0000105. The van der Waals surface area contributed by atoms with Crippen molar-refractivity contribution in [3.63, 3.8) is 0 Å². The third kappa shape index (κ3) is 23.8. The van der Waals surface area contributed by atoms with E-state index in [2.05, 4.69) is 74.5 Å². The molecule has 0 aliphatic heterocycles. The highest BCUT2D eigenvalue weighted by molar-refractivity contribution is 7.89. The van der Waals surface area contributed by atoms with Crippen LogP contribution >= 0.6 is 7.26 Å². The van der Waals surface area contributed by atoms with Crippen LogP contribution < -0.4 is 27.6 Å². The molecule has 0 radical (unpaired) electrons. The maximum absolute atomic E-state index is 2.47. The molecule has 0 bridgehead atoms. The molecular weight excluding hydrogens is 687 g/mol. The summed E-state index contributed by atoms with van der Waals surface area (Å²) in [6.45, 7) is 4.62. The standard InChI is InChI=1S/C48H84P.BrH/c1-3-5-7-9-11-13-15-17-19-21-23-25-27-29-31-39-45-49(47-41-35-33-36-42-47,48-43-37-34-38-44-48)46-40-32-30-28-26-24-22-20-18-16-14-12-10-8-6-4-2;/h33-38,41-44H,3-32,39-40,45-46H2,1-2H3;1H/q+1;/p-1. The highest BCUT2D eigenvalue weighted by Crippen LogP contribution is 2.57. The molecule has 0 saturated carbocycles. The van der Waals surface area contributed by atoms with Crippen molar-refractivity contribution in [2.45, 2.75) is 219 Å². The van der Waals surface area contributed by atoms with Gasteiger partial charge in [0, 0.05) is 0 Å². The van der Waals surface area contributed by atoms with Crippen LogP contribution in [0.2, 0.25) is 0 Å². The molecular formula is C48H84BrP. The molecule has 50 heavy (non-hydrogen) atoms. The lowest BCUT2D eigenvalue weighted by Crippen LogP contribution is -3.00. The number of benzene rings is 2. The molecule has 0 nitrogen and oxygen atoms in total. The van der Waals surface area contributed by atoms with E-state index in [4.69, 9.17) is 0 Å².